The summed E-state index contributed by atoms with van der Waals surface area (Å²) in [5.74, 6) is 0.108. The molecule has 0 bridgehead atoms. The van der Waals surface area contributed by atoms with Crippen LogP contribution < -0.4 is 38.8 Å². The van der Waals surface area contributed by atoms with Gasteiger partial charge in [-0.1, -0.05) is 42.5 Å². The number of aryl methyl sites for hydroxylation is 2. The molecule has 28 heavy (non-hydrogen) atoms. The summed E-state index contributed by atoms with van der Waals surface area (Å²) in [5.41, 5.74) is 2.58. The van der Waals surface area contributed by atoms with Crippen LogP contribution in [0.1, 0.15) is 27.8 Å². The van der Waals surface area contributed by atoms with Crippen molar-refractivity contribution in [1.29, 1.82) is 0 Å². The second kappa shape index (κ2) is 7.12. The minimum atomic E-state index is -4.17. The van der Waals surface area contributed by atoms with E-state index in [1.807, 2.05) is 0 Å². The first-order valence-electron chi connectivity index (χ1n) is 8.39. The standard InChI is InChI=1S/C21H18O5S.Na/c1-13-11-15(22)7-9-17(13)21(18-10-8-16(23)12-14(18)2)19-5-3-4-6-20(19)26-27(21,24)25;/h3-12,22-23H,1-2H3;/q;+1/p-1. The molecular formula is C21H17NaO5S. The number of para-hydroxylation sites is 1. The number of benzene rings is 3. The van der Waals surface area contributed by atoms with Crippen LogP contribution in [0.4, 0.5) is 0 Å². The Bertz CT molecular complexity index is 1120. The van der Waals surface area contributed by atoms with Crippen molar-refractivity contribution in [3.05, 3.63) is 88.5 Å². The first kappa shape index (κ1) is 20.7. The predicted molar refractivity (Wildman–Crippen MR) is 99.3 cm³/mol. The van der Waals surface area contributed by atoms with E-state index < -0.39 is 14.9 Å². The van der Waals surface area contributed by atoms with Gasteiger partial charge in [-0.25, -0.2) is 0 Å². The van der Waals surface area contributed by atoms with Gasteiger partial charge in [0.1, 0.15) is 11.5 Å². The van der Waals surface area contributed by atoms with E-state index in [-0.39, 0.29) is 46.8 Å². The molecule has 0 amide bonds. The van der Waals surface area contributed by atoms with Crippen LogP contribution in [-0.4, -0.2) is 13.5 Å². The molecule has 7 heteroatoms. The van der Waals surface area contributed by atoms with Gasteiger partial charge in [0.15, 0.2) is 4.75 Å². The number of rotatable bonds is 2. The van der Waals surface area contributed by atoms with Crippen LogP contribution in [0.15, 0.2) is 60.7 Å². The van der Waals surface area contributed by atoms with Crippen molar-refractivity contribution in [2.24, 2.45) is 0 Å². The SMILES string of the molecule is Cc1cc([O-])ccc1C1(c2ccc(O)cc2C)c2ccccc2OS1(=O)=O.[Na+]. The molecule has 1 N–H and O–H groups in total. The average Bonchev–Trinajstić information content (AvgIpc) is 2.82. The number of fused-ring (bicyclic) bond motifs is 1. The van der Waals surface area contributed by atoms with Gasteiger partial charge in [0, 0.05) is 5.56 Å². The van der Waals surface area contributed by atoms with Gasteiger partial charge in [0.2, 0.25) is 0 Å². The van der Waals surface area contributed by atoms with Crippen molar-refractivity contribution in [2.75, 3.05) is 0 Å². The molecule has 1 atom stereocenters. The maximum absolute atomic E-state index is 13.5. The van der Waals surface area contributed by atoms with Gasteiger partial charge in [-0.3, -0.25) is 0 Å². The van der Waals surface area contributed by atoms with Gasteiger partial charge >= 0.3 is 39.7 Å². The van der Waals surface area contributed by atoms with E-state index in [0.717, 1.165) is 0 Å². The quantitative estimate of drug-likeness (QED) is 0.484. The van der Waals surface area contributed by atoms with E-state index >= 15 is 0 Å². The Kier molecular flexibility index (Phi) is 5.27. The zero-order valence-electron chi connectivity index (χ0n) is 15.8. The van der Waals surface area contributed by atoms with Gasteiger partial charge in [-0.2, -0.15) is 8.42 Å². The summed E-state index contributed by atoms with van der Waals surface area (Å²) in [7, 11) is -4.17. The number of phenolic OH excluding ortho intramolecular Hbond substituents is 1. The largest absolute Gasteiger partial charge is 1.00 e. The van der Waals surface area contributed by atoms with Crippen LogP contribution in [-0.2, 0) is 14.9 Å². The Balaban J connectivity index is 0.00000225. The van der Waals surface area contributed by atoms with Crippen molar-refractivity contribution >= 4 is 10.1 Å². The first-order chi connectivity index (χ1) is 12.8. The molecule has 0 saturated carbocycles. The van der Waals surface area contributed by atoms with Gasteiger partial charge in [0.25, 0.3) is 0 Å². The fraction of sp³-hybridized carbons (Fsp3) is 0.143. The summed E-state index contributed by atoms with van der Waals surface area (Å²) in [6.07, 6.45) is 0. The van der Waals surface area contributed by atoms with Crippen molar-refractivity contribution < 1.29 is 52.4 Å². The molecule has 138 valence electrons. The molecule has 0 aliphatic carbocycles. The smallest absolute Gasteiger partial charge is 0.872 e. The van der Waals surface area contributed by atoms with E-state index in [1.54, 1.807) is 50.2 Å². The molecule has 1 aliphatic rings. The molecule has 4 rings (SSSR count). The molecule has 3 aromatic rings. The van der Waals surface area contributed by atoms with Crippen molar-refractivity contribution in [1.82, 2.24) is 0 Å². The number of phenols is 1. The Morgan fingerprint density at radius 2 is 1.50 bits per heavy atom. The summed E-state index contributed by atoms with van der Waals surface area (Å²) in [6, 6.07) is 15.7. The summed E-state index contributed by atoms with van der Waals surface area (Å²) in [5, 5.41) is 21.6. The van der Waals surface area contributed by atoms with Gasteiger partial charge in [-0.05, 0) is 54.3 Å². The minimum Gasteiger partial charge on any atom is -0.872 e. The van der Waals surface area contributed by atoms with E-state index in [4.69, 9.17) is 4.18 Å². The fourth-order valence-corrected chi connectivity index (χ4v) is 5.87. The normalized spacial score (nSPS) is 19.4. The number of aromatic hydroxyl groups is 1. The van der Waals surface area contributed by atoms with Crippen molar-refractivity contribution in [3.8, 4) is 17.2 Å². The average molecular weight is 404 g/mol. The topological polar surface area (TPSA) is 86.7 Å². The maximum Gasteiger partial charge on any atom is 1.00 e. The molecule has 1 aliphatic heterocycles. The molecule has 0 fully saturated rings. The third kappa shape index (κ3) is 2.83. The van der Waals surface area contributed by atoms with Crippen LogP contribution >= 0.6 is 0 Å². The zero-order valence-corrected chi connectivity index (χ0v) is 18.6. The Labute approximate surface area is 186 Å². The Morgan fingerprint density at radius 1 is 0.893 bits per heavy atom. The van der Waals surface area contributed by atoms with E-state index in [0.29, 0.717) is 27.8 Å². The number of hydrogen-bond donors (Lipinski definition) is 1. The summed E-state index contributed by atoms with van der Waals surface area (Å²) < 4.78 is 30.7. The van der Waals surface area contributed by atoms with Crippen molar-refractivity contribution in [3.63, 3.8) is 0 Å². The number of hydrogen-bond acceptors (Lipinski definition) is 5. The molecule has 0 spiro atoms. The Hall–Kier alpha value is -1.99. The molecule has 1 unspecified atom stereocenters. The van der Waals surface area contributed by atoms with Gasteiger partial charge in [-0.15, -0.1) is 5.75 Å². The van der Waals surface area contributed by atoms with Crippen LogP contribution in [0.25, 0.3) is 0 Å². The van der Waals surface area contributed by atoms with Gasteiger partial charge in [0.05, 0.1) is 0 Å². The van der Waals surface area contributed by atoms with Gasteiger partial charge < -0.3 is 14.4 Å². The maximum atomic E-state index is 13.5. The second-order valence-electron chi connectivity index (χ2n) is 6.69. The summed E-state index contributed by atoms with van der Waals surface area (Å²) in [6.45, 7) is 3.45. The predicted octanol–water partition coefficient (Wildman–Crippen LogP) is 0.101. The van der Waals surface area contributed by atoms with E-state index in [9.17, 15) is 18.6 Å². The van der Waals surface area contributed by atoms with Crippen molar-refractivity contribution in [2.45, 2.75) is 18.6 Å². The van der Waals surface area contributed by atoms with Crippen LogP contribution in [0, 0.1) is 13.8 Å². The van der Waals surface area contributed by atoms with Crippen LogP contribution in [0.5, 0.6) is 17.2 Å². The van der Waals surface area contributed by atoms with E-state index in [1.165, 1.54) is 24.3 Å². The zero-order chi connectivity index (χ0) is 19.4. The Morgan fingerprint density at radius 3 is 2.14 bits per heavy atom. The third-order valence-electron chi connectivity index (χ3n) is 5.01. The molecule has 3 aromatic carbocycles. The molecule has 0 aromatic heterocycles. The van der Waals surface area contributed by atoms with Crippen LogP contribution in [0.2, 0.25) is 0 Å². The summed E-state index contributed by atoms with van der Waals surface area (Å²) in [4.78, 5) is 0. The minimum absolute atomic E-state index is 0. The molecule has 5 nitrogen and oxygen atoms in total. The van der Waals surface area contributed by atoms with E-state index in [2.05, 4.69) is 0 Å². The monoisotopic (exact) mass is 404 g/mol. The molecule has 1 heterocycles. The summed E-state index contributed by atoms with van der Waals surface area (Å²) >= 11 is 0. The molecule has 0 radical (unpaired) electrons. The molecule has 0 saturated heterocycles. The second-order valence-corrected chi connectivity index (χ2v) is 8.38. The molecular weight excluding hydrogens is 387 g/mol. The third-order valence-corrected chi connectivity index (χ3v) is 6.82. The van der Waals surface area contributed by atoms with Crippen LogP contribution in [0.3, 0.4) is 0 Å². The first-order valence-corrected chi connectivity index (χ1v) is 9.80. The fourth-order valence-electron chi connectivity index (χ4n) is 3.92.